The van der Waals surface area contributed by atoms with E-state index in [4.69, 9.17) is 16.3 Å². The normalized spacial score (nSPS) is 18.1. The average molecular weight is 311 g/mol. The van der Waals surface area contributed by atoms with Gasteiger partial charge in [0.15, 0.2) is 0 Å². The molecule has 1 aromatic rings. The first kappa shape index (κ1) is 15.6. The molecule has 0 radical (unpaired) electrons. The van der Waals surface area contributed by atoms with E-state index in [-0.39, 0.29) is 17.7 Å². The van der Waals surface area contributed by atoms with E-state index in [1.807, 2.05) is 19.1 Å². The SMILES string of the molecule is CCNC(=O)[C@H](C)NC(=O)[C@H]1COc2ccc(Cl)cc2C1. The molecular formula is C15H19ClN2O3. The Labute approximate surface area is 129 Å². The van der Waals surface area contributed by atoms with Gasteiger partial charge in [-0.15, -0.1) is 0 Å². The summed E-state index contributed by atoms with van der Waals surface area (Å²) in [5.41, 5.74) is 0.916. The molecule has 1 aromatic carbocycles. The first-order chi connectivity index (χ1) is 10.0. The molecule has 0 aliphatic carbocycles. The fraction of sp³-hybridized carbons (Fsp3) is 0.467. The number of ether oxygens (including phenoxy) is 1. The molecule has 114 valence electrons. The van der Waals surface area contributed by atoms with Gasteiger partial charge >= 0.3 is 0 Å². The van der Waals surface area contributed by atoms with Crippen LogP contribution >= 0.6 is 11.6 Å². The van der Waals surface area contributed by atoms with Crippen molar-refractivity contribution in [3.05, 3.63) is 28.8 Å². The molecule has 1 aliphatic rings. The first-order valence-corrected chi connectivity index (χ1v) is 7.38. The number of rotatable bonds is 4. The molecule has 5 nitrogen and oxygen atoms in total. The number of nitrogens with one attached hydrogen (secondary N) is 2. The van der Waals surface area contributed by atoms with Crippen LogP contribution in [0.1, 0.15) is 19.4 Å². The molecule has 2 amide bonds. The van der Waals surface area contributed by atoms with Gasteiger partial charge in [-0.2, -0.15) is 0 Å². The zero-order valence-electron chi connectivity index (χ0n) is 12.1. The average Bonchev–Trinajstić information content (AvgIpc) is 2.46. The van der Waals surface area contributed by atoms with Crippen LogP contribution in [0.2, 0.25) is 5.02 Å². The Morgan fingerprint density at radius 1 is 1.48 bits per heavy atom. The Bertz CT molecular complexity index is 548. The van der Waals surface area contributed by atoms with Gasteiger partial charge in [-0.3, -0.25) is 9.59 Å². The summed E-state index contributed by atoms with van der Waals surface area (Å²) in [6.07, 6.45) is 0.559. The molecule has 6 heteroatoms. The summed E-state index contributed by atoms with van der Waals surface area (Å²) >= 11 is 5.96. The van der Waals surface area contributed by atoms with Crippen molar-refractivity contribution in [1.29, 1.82) is 0 Å². The van der Waals surface area contributed by atoms with Crippen molar-refractivity contribution in [3.63, 3.8) is 0 Å². The molecule has 1 aliphatic heterocycles. The molecule has 21 heavy (non-hydrogen) atoms. The molecule has 0 spiro atoms. The van der Waals surface area contributed by atoms with Crippen LogP contribution in [0.5, 0.6) is 5.75 Å². The van der Waals surface area contributed by atoms with E-state index in [9.17, 15) is 9.59 Å². The molecule has 2 atom stereocenters. The summed E-state index contributed by atoms with van der Waals surface area (Å²) in [6.45, 7) is 4.35. The minimum atomic E-state index is -0.557. The minimum absolute atomic E-state index is 0.181. The topological polar surface area (TPSA) is 67.4 Å². The smallest absolute Gasteiger partial charge is 0.242 e. The molecular weight excluding hydrogens is 292 g/mol. The number of fused-ring (bicyclic) bond motifs is 1. The largest absolute Gasteiger partial charge is 0.492 e. The van der Waals surface area contributed by atoms with E-state index in [2.05, 4.69) is 10.6 Å². The van der Waals surface area contributed by atoms with Crippen LogP contribution in [-0.4, -0.2) is 31.0 Å². The highest BCUT2D eigenvalue weighted by atomic mass is 35.5. The van der Waals surface area contributed by atoms with Gasteiger partial charge in [-0.1, -0.05) is 11.6 Å². The number of likely N-dealkylation sites (N-methyl/N-ethyl adjacent to an activating group) is 1. The molecule has 0 fully saturated rings. The van der Waals surface area contributed by atoms with Crippen molar-refractivity contribution in [2.24, 2.45) is 5.92 Å². The third kappa shape index (κ3) is 3.88. The van der Waals surface area contributed by atoms with Gasteiger partial charge in [0.25, 0.3) is 0 Å². The van der Waals surface area contributed by atoms with E-state index < -0.39 is 6.04 Å². The molecule has 1 heterocycles. The highest BCUT2D eigenvalue weighted by molar-refractivity contribution is 6.30. The second kappa shape index (κ2) is 6.80. The van der Waals surface area contributed by atoms with Gasteiger partial charge in [0, 0.05) is 11.6 Å². The van der Waals surface area contributed by atoms with Crippen molar-refractivity contribution in [2.75, 3.05) is 13.2 Å². The van der Waals surface area contributed by atoms with E-state index in [1.165, 1.54) is 0 Å². The van der Waals surface area contributed by atoms with E-state index >= 15 is 0 Å². The van der Waals surface area contributed by atoms with Crippen LogP contribution in [0.3, 0.4) is 0 Å². The molecule has 2 rings (SSSR count). The maximum absolute atomic E-state index is 12.2. The number of benzene rings is 1. The summed E-state index contributed by atoms with van der Waals surface area (Å²) in [5, 5.41) is 6.01. The molecule has 0 bridgehead atoms. The number of carbonyl (C=O) groups is 2. The summed E-state index contributed by atoms with van der Waals surface area (Å²) in [7, 11) is 0. The van der Waals surface area contributed by atoms with Gasteiger partial charge in [-0.05, 0) is 44.0 Å². The third-order valence-corrected chi connectivity index (χ3v) is 3.64. The van der Waals surface area contributed by atoms with Gasteiger partial charge in [-0.25, -0.2) is 0 Å². The lowest BCUT2D eigenvalue weighted by molar-refractivity contribution is -0.131. The molecule has 0 unspecified atom stereocenters. The van der Waals surface area contributed by atoms with Crippen LogP contribution in [-0.2, 0) is 16.0 Å². The molecule has 0 saturated carbocycles. The van der Waals surface area contributed by atoms with Gasteiger partial charge < -0.3 is 15.4 Å². The van der Waals surface area contributed by atoms with Crippen molar-refractivity contribution in [3.8, 4) is 5.75 Å². The lowest BCUT2D eigenvalue weighted by atomic mass is 9.96. The van der Waals surface area contributed by atoms with E-state index in [0.29, 0.717) is 24.6 Å². The second-order valence-electron chi connectivity index (χ2n) is 5.09. The summed E-state index contributed by atoms with van der Waals surface area (Å²) in [6, 6.07) is 4.82. The molecule has 2 N–H and O–H groups in total. The van der Waals surface area contributed by atoms with Crippen molar-refractivity contribution < 1.29 is 14.3 Å². The van der Waals surface area contributed by atoms with E-state index in [0.717, 1.165) is 11.3 Å². The lowest BCUT2D eigenvalue weighted by Crippen LogP contribution is -2.48. The zero-order chi connectivity index (χ0) is 15.4. The number of hydrogen-bond donors (Lipinski definition) is 2. The van der Waals surface area contributed by atoms with Crippen LogP contribution in [0.15, 0.2) is 18.2 Å². The Morgan fingerprint density at radius 3 is 2.95 bits per heavy atom. The van der Waals surface area contributed by atoms with Crippen LogP contribution < -0.4 is 15.4 Å². The Balaban J connectivity index is 1.97. The monoisotopic (exact) mass is 310 g/mol. The highest BCUT2D eigenvalue weighted by Gasteiger charge is 2.28. The Hall–Kier alpha value is -1.75. The standard InChI is InChI=1S/C15H19ClN2O3/c1-3-17-14(19)9(2)18-15(20)11-6-10-7-12(16)4-5-13(10)21-8-11/h4-5,7,9,11H,3,6,8H2,1-2H3,(H,17,19)(H,18,20)/t9-,11+/m0/s1. The maximum Gasteiger partial charge on any atom is 0.242 e. The molecule has 0 saturated heterocycles. The number of halogens is 1. The number of hydrogen-bond acceptors (Lipinski definition) is 3. The van der Waals surface area contributed by atoms with Crippen molar-refractivity contribution in [2.45, 2.75) is 26.3 Å². The van der Waals surface area contributed by atoms with Gasteiger partial charge in [0.05, 0.1) is 5.92 Å². The van der Waals surface area contributed by atoms with Gasteiger partial charge in [0.2, 0.25) is 11.8 Å². The lowest BCUT2D eigenvalue weighted by Gasteiger charge is -2.25. The number of amides is 2. The Kier molecular flexibility index (Phi) is 5.07. The zero-order valence-corrected chi connectivity index (χ0v) is 12.9. The predicted molar refractivity (Wildman–Crippen MR) is 80.4 cm³/mol. The quantitative estimate of drug-likeness (QED) is 0.886. The van der Waals surface area contributed by atoms with Crippen molar-refractivity contribution in [1.82, 2.24) is 10.6 Å². The summed E-state index contributed by atoms with van der Waals surface area (Å²) in [4.78, 5) is 23.8. The third-order valence-electron chi connectivity index (χ3n) is 3.40. The fourth-order valence-electron chi connectivity index (χ4n) is 2.26. The summed E-state index contributed by atoms with van der Waals surface area (Å²) in [5.74, 6) is 0.0819. The second-order valence-corrected chi connectivity index (χ2v) is 5.53. The fourth-order valence-corrected chi connectivity index (χ4v) is 2.45. The molecule has 0 aromatic heterocycles. The summed E-state index contributed by atoms with van der Waals surface area (Å²) < 4.78 is 5.58. The van der Waals surface area contributed by atoms with Crippen molar-refractivity contribution >= 4 is 23.4 Å². The van der Waals surface area contributed by atoms with Crippen LogP contribution in [0.4, 0.5) is 0 Å². The maximum atomic E-state index is 12.2. The minimum Gasteiger partial charge on any atom is -0.492 e. The number of carbonyl (C=O) groups excluding carboxylic acids is 2. The van der Waals surface area contributed by atoms with Gasteiger partial charge in [0.1, 0.15) is 18.4 Å². The van der Waals surface area contributed by atoms with Crippen LogP contribution in [0.25, 0.3) is 0 Å². The Morgan fingerprint density at radius 2 is 2.24 bits per heavy atom. The predicted octanol–water partition coefficient (Wildman–Crippen LogP) is 1.53. The van der Waals surface area contributed by atoms with E-state index in [1.54, 1.807) is 13.0 Å². The first-order valence-electron chi connectivity index (χ1n) is 7.00. The van der Waals surface area contributed by atoms with Crippen LogP contribution in [0, 0.1) is 5.92 Å². The highest BCUT2D eigenvalue weighted by Crippen LogP contribution is 2.29.